The fraction of sp³-hybridized carbons (Fsp3) is 0.385. The number of rotatable bonds is 8. The maximum absolute atomic E-state index is 12.8. The van der Waals surface area contributed by atoms with Crippen molar-refractivity contribution >= 4 is 11.7 Å². The van der Waals surface area contributed by atoms with Crippen molar-refractivity contribution in [2.24, 2.45) is 0 Å². The summed E-state index contributed by atoms with van der Waals surface area (Å²) in [7, 11) is 3.21. The number of methoxy groups -OCH3 is 2. The van der Waals surface area contributed by atoms with Crippen molar-refractivity contribution in [3.05, 3.63) is 65.5 Å². The van der Waals surface area contributed by atoms with Gasteiger partial charge in [0.05, 0.1) is 26.5 Å². The Morgan fingerprint density at radius 2 is 1.74 bits per heavy atom. The lowest BCUT2D eigenvalue weighted by molar-refractivity contribution is 0.0933. The molecule has 1 saturated heterocycles. The molecule has 3 heterocycles. The molecule has 4 rings (SSSR count). The molecule has 1 atom stereocenters. The number of hydrogen-bond donors (Lipinski definition) is 1. The first-order valence-electron chi connectivity index (χ1n) is 11.7. The van der Waals surface area contributed by atoms with E-state index < -0.39 is 0 Å². The van der Waals surface area contributed by atoms with Crippen molar-refractivity contribution in [2.45, 2.75) is 38.8 Å². The second-order valence-electron chi connectivity index (χ2n) is 8.55. The number of pyridine rings is 1. The highest BCUT2D eigenvalue weighted by atomic mass is 16.5. The molecular formula is C26H31N5O4. The Balaban J connectivity index is 1.32. The highest BCUT2D eigenvalue weighted by Crippen LogP contribution is 2.25. The van der Waals surface area contributed by atoms with E-state index in [2.05, 4.69) is 25.4 Å². The largest absolute Gasteiger partial charge is 0.497 e. The molecule has 0 aliphatic carbocycles. The van der Waals surface area contributed by atoms with Crippen LogP contribution in [-0.2, 0) is 0 Å². The van der Waals surface area contributed by atoms with Gasteiger partial charge in [-0.3, -0.25) is 4.79 Å². The van der Waals surface area contributed by atoms with E-state index in [-0.39, 0.29) is 18.1 Å². The average molecular weight is 478 g/mol. The standard InChI is InChI=1S/C26H31N5O4/c1-17-15-23(26(32)28-18(2)19-5-7-20(33-3)8-6-19)29-30-25(17)31-13-11-21(12-14-31)35-22-9-10-24(34-4)27-16-22/h5-10,15-16,18,21H,11-14H2,1-4H3,(H,28,32)/t18-/m1/s1. The minimum absolute atomic E-state index is 0.110. The number of carbonyl (C=O) groups excluding carboxylic acids is 1. The van der Waals surface area contributed by atoms with E-state index in [9.17, 15) is 4.79 Å². The number of anilines is 1. The van der Waals surface area contributed by atoms with Crippen LogP contribution in [0.1, 0.15) is 47.4 Å². The molecule has 1 aromatic carbocycles. The summed E-state index contributed by atoms with van der Waals surface area (Å²) >= 11 is 0. The highest BCUT2D eigenvalue weighted by molar-refractivity contribution is 5.92. The molecule has 35 heavy (non-hydrogen) atoms. The molecule has 2 aromatic heterocycles. The van der Waals surface area contributed by atoms with E-state index in [1.807, 2.05) is 44.2 Å². The molecule has 1 fully saturated rings. The van der Waals surface area contributed by atoms with E-state index in [0.29, 0.717) is 11.6 Å². The van der Waals surface area contributed by atoms with Crippen LogP contribution >= 0.6 is 0 Å². The molecule has 1 amide bonds. The third-order valence-corrected chi connectivity index (χ3v) is 6.12. The summed E-state index contributed by atoms with van der Waals surface area (Å²) in [6, 6.07) is 12.9. The van der Waals surface area contributed by atoms with Gasteiger partial charge in [-0.1, -0.05) is 12.1 Å². The number of piperidine rings is 1. The van der Waals surface area contributed by atoms with Gasteiger partial charge in [-0.25, -0.2) is 4.98 Å². The molecule has 9 nitrogen and oxygen atoms in total. The Labute approximate surface area is 205 Å². The molecule has 0 spiro atoms. The minimum atomic E-state index is -0.254. The molecule has 0 saturated carbocycles. The predicted molar refractivity (Wildman–Crippen MR) is 132 cm³/mol. The first-order valence-corrected chi connectivity index (χ1v) is 11.7. The van der Waals surface area contributed by atoms with Gasteiger partial charge in [-0.15, -0.1) is 10.2 Å². The number of carbonyl (C=O) groups is 1. The fourth-order valence-corrected chi connectivity index (χ4v) is 4.08. The van der Waals surface area contributed by atoms with E-state index in [0.717, 1.165) is 54.4 Å². The van der Waals surface area contributed by atoms with Crippen molar-refractivity contribution in [2.75, 3.05) is 32.2 Å². The van der Waals surface area contributed by atoms with Gasteiger partial charge < -0.3 is 24.4 Å². The number of hydrogen-bond acceptors (Lipinski definition) is 8. The first kappa shape index (κ1) is 24.3. The number of nitrogens with zero attached hydrogens (tertiary/aromatic N) is 4. The second-order valence-corrected chi connectivity index (χ2v) is 8.55. The van der Waals surface area contributed by atoms with Gasteiger partial charge in [0.15, 0.2) is 11.5 Å². The summed E-state index contributed by atoms with van der Waals surface area (Å²) in [5.74, 6) is 2.62. The second kappa shape index (κ2) is 11.0. The lowest BCUT2D eigenvalue weighted by atomic mass is 10.1. The first-order chi connectivity index (χ1) is 17.0. The molecule has 3 aromatic rings. The Morgan fingerprint density at radius 3 is 2.34 bits per heavy atom. The average Bonchev–Trinajstić information content (AvgIpc) is 2.89. The maximum Gasteiger partial charge on any atom is 0.272 e. The van der Waals surface area contributed by atoms with Crippen LogP contribution in [0.5, 0.6) is 17.4 Å². The highest BCUT2D eigenvalue weighted by Gasteiger charge is 2.24. The van der Waals surface area contributed by atoms with Crippen LogP contribution in [0, 0.1) is 6.92 Å². The molecule has 1 aliphatic heterocycles. The molecule has 184 valence electrons. The number of ether oxygens (including phenoxy) is 3. The molecular weight excluding hydrogens is 446 g/mol. The Bertz CT molecular complexity index is 1130. The summed E-state index contributed by atoms with van der Waals surface area (Å²) in [6.45, 7) is 5.48. The van der Waals surface area contributed by atoms with Crippen LogP contribution in [0.3, 0.4) is 0 Å². The molecule has 0 bridgehead atoms. The summed E-state index contributed by atoms with van der Waals surface area (Å²) in [5.41, 5.74) is 2.20. The van der Waals surface area contributed by atoms with Gasteiger partial charge >= 0.3 is 0 Å². The van der Waals surface area contributed by atoms with Crippen LogP contribution in [0.25, 0.3) is 0 Å². The predicted octanol–water partition coefficient (Wildman–Crippen LogP) is 3.74. The van der Waals surface area contributed by atoms with Gasteiger partial charge in [0.2, 0.25) is 5.88 Å². The Kier molecular flexibility index (Phi) is 7.64. The number of aromatic nitrogens is 3. The smallest absolute Gasteiger partial charge is 0.272 e. The van der Waals surface area contributed by atoms with Crippen LogP contribution < -0.4 is 24.4 Å². The normalized spacial score (nSPS) is 14.8. The Hall–Kier alpha value is -3.88. The van der Waals surface area contributed by atoms with Gasteiger partial charge in [-0.05, 0) is 49.2 Å². The van der Waals surface area contributed by atoms with Crippen LogP contribution in [0.2, 0.25) is 0 Å². The number of amides is 1. The molecule has 0 radical (unpaired) electrons. The van der Waals surface area contributed by atoms with Crippen molar-refractivity contribution in [3.63, 3.8) is 0 Å². The molecule has 1 aliphatic rings. The summed E-state index contributed by atoms with van der Waals surface area (Å²) in [6.07, 6.45) is 3.50. The number of aryl methyl sites for hydroxylation is 1. The zero-order valence-corrected chi connectivity index (χ0v) is 20.5. The van der Waals surface area contributed by atoms with Gasteiger partial charge in [0.1, 0.15) is 17.6 Å². The maximum atomic E-state index is 12.8. The molecule has 9 heteroatoms. The van der Waals surface area contributed by atoms with Gasteiger partial charge in [0.25, 0.3) is 5.91 Å². The van der Waals surface area contributed by atoms with Crippen molar-refractivity contribution in [1.29, 1.82) is 0 Å². The van der Waals surface area contributed by atoms with E-state index in [1.165, 1.54) is 0 Å². The Morgan fingerprint density at radius 1 is 1.03 bits per heavy atom. The summed E-state index contributed by atoms with van der Waals surface area (Å²) < 4.78 is 16.3. The quantitative estimate of drug-likeness (QED) is 0.524. The number of benzene rings is 1. The van der Waals surface area contributed by atoms with Gasteiger partial charge in [-0.2, -0.15) is 0 Å². The third kappa shape index (κ3) is 5.98. The van der Waals surface area contributed by atoms with Gasteiger partial charge in [0, 0.05) is 32.0 Å². The molecule has 0 unspecified atom stereocenters. The SMILES string of the molecule is COc1ccc([C@@H](C)NC(=O)c2cc(C)c(N3CCC(Oc4ccc(OC)nc4)CC3)nn2)cc1. The lowest BCUT2D eigenvalue weighted by Crippen LogP contribution is -2.39. The number of nitrogens with one attached hydrogen (secondary N) is 1. The van der Waals surface area contributed by atoms with Crippen molar-refractivity contribution in [1.82, 2.24) is 20.5 Å². The van der Waals surface area contributed by atoms with E-state index >= 15 is 0 Å². The van der Waals surface area contributed by atoms with Crippen molar-refractivity contribution < 1.29 is 19.0 Å². The third-order valence-electron chi connectivity index (χ3n) is 6.12. The van der Waals surface area contributed by atoms with E-state index in [1.54, 1.807) is 32.5 Å². The van der Waals surface area contributed by atoms with Crippen molar-refractivity contribution in [3.8, 4) is 17.4 Å². The van der Waals surface area contributed by atoms with E-state index in [4.69, 9.17) is 14.2 Å². The minimum Gasteiger partial charge on any atom is -0.497 e. The fourth-order valence-electron chi connectivity index (χ4n) is 4.08. The van der Waals surface area contributed by atoms with Crippen LogP contribution in [0.4, 0.5) is 5.82 Å². The lowest BCUT2D eigenvalue weighted by Gasteiger charge is -2.33. The van der Waals surface area contributed by atoms with Crippen LogP contribution in [0.15, 0.2) is 48.7 Å². The monoisotopic (exact) mass is 477 g/mol. The zero-order chi connectivity index (χ0) is 24.8. The summed E-state index contributed by atoms with van der Waals surface area (Å²) in [4.78, 5) is 19.1. The molecule has 1 N–H and O–H groups in total. The van der Waals surface area contributed by atoms with Crippen LogP contribution in [-0.4, -0.2) is 54.5 Å². The zero-order valence-electron chi connectivity index (χ0n) is 20.5. The topological polar surface area (TPSA) is 98.7 Å². The summed E-state index contributed by atoms with van der Waals surface area (Å²) in [5, 5.41) is 11.6.